The van der Waals surface area contributed by atoms with Gasteiger partial charge in [-0.15, -0.1) is 0 Å². The average molecular weight is 447 g/mol. The van der Waals surface area contributed by atoms with Gasteiger partial charge in [0.25, 0.3) is 11.6 Å². The van der Waals surface area contributed by atoms with Gasteiger partial charge in [0.05, 0.1) is 16.2 Å². The lowest BCUT2D eigenvalue weighted by atomic mass is 10.2. The minimum absolute atomic E-state index is 0.134. The Morgan fingerprint density at radius 1 is 1.28 bits per heavy atom. The van der Waals surface area contributed by atoms with Crippen LogP contribution in [-0.4, -0.2) is 23.7 Å². The van der Waals surface area contributed by atoms with E-state index in [9.17, 15) is 14.9 Å². The standard InChI is InChI=1S/C15H10BrCl2N3O4/c16-10-1-4-14(13(18)6-10)25-8-15(22)20-19-7-9-5-11(21(23)24)2-3-12(9)17/h1-7H,8H2,(H,20,22). The number of benzene rings is 2. The maximum atomic E-state index is 11.7. The Balaban J connectivity index is 1.92. The van der Waals surface area contributed by atoms with Crippen LogP contribution >= 0.6 is 39.1 Å². The van der Waals surface area contributed by atoms with Crippen LogP contribution < -0.4 is 10.2 Å². The largest absolute Gasteiger partial charge is 0.482 e. The summed E-state index contributed by atoms with van der Waals surface area (Å²) < 4.78 is 6.06. The second-order valence-electron chi connectivity index (χ2n) is 4.62. The van der Waals surface area contributed by atoms with Gasteiger partial charge in [0.15, 0.2) is 6.61 Å². The Hall–Kier alpha value is -2.16. The molecule has 0 heterocycles. The van der Waals surface area contributed by atoms with Crippen molar-refractivity contribution in [2.45, 2.75) is 0 Å². The summed E-state index contributed by atoms with van der Waals surface area (Å²) >= 11 is 15.1. The molecule has 130 valence electrons. The second-order valence-corrected chi connectivity index (χ2v) is 6.35. The van der Waals surface area contributed by atoms with Crippen LogP contribution in [0.4, 0.5) is 5.69 Å². The Morgan fingerprint density at radius 3 is 2.72 bits per heavy atom. The Morgan fingerprint density at radius 2 is 2.04 bits per heavy atom. The maximum Gasteiger partial charge on any atom is 0.277 e. The van der Waals surface area contributed by atoms with E-state index in [1.54, 1.807) is 18.2 Å². The number of hydrazone groups is 1. The third-order valence-electron chi connectivity index (χ3n) is 2.84. The molecular formula is C15H10BrCl2N3O4. The monoisotopic (exact) mass is 445 g/mol. The molecular weight excluding hydrogens is 437 g/mol. The zero-order valence-electron chi connectivity index (χ0n) is 12.4. The Bertz CT molecular complexity index is 846. The van der Waals surface area contributed by atoms with Gasteiger partial charge in [-0.25, -0.2) is 5.43 Å². The van der Waals surface area contributed by atoms with Gasteiger partial charge in [-0.1, -0.05) is 39.1 Å². The highest BCUT2D eigenvalue weighted by Gasteiger charge is 2.09. The number of halogens is 3. The third kappa shape index (κ3) is 5.70. The molecule has 0 radical (unpaired) electrons. The van der Waals surface area contributed by atoms with Crippen LogP contribution in [0.1, 0.15) is 5.56 Å². The Kier molecular flexibility index (Phi) is 6.74. The fourth-order valence-electron chi connectivity index (χ4n) is 1.69. The van der Waals surface area contributed by atoms with Crippen LogP contribution in [0.5, 0.6) is 5.75 Å². The van der Waals surface area contributed by atoms with Crippen molar-refractivity contribution in [3.63, 3.8) is 0 Å². The number of nitrogens with zero attached hydrogens (tertiary/aromatic N) is 2. The van der Waals surface area contributed by atoms with Crippen molar-refractivity contribution in [3.8, 4) is 5.75 Å². The zero-order chi connectivity index (χ0) is 18.4. The molecule has 10 heteroatoms. The molecule has 7 nitrogen and oxygen atoms in total. The molecule has 0 unspecified atom stereocenters. The number of nitrogens with one attached hydrogen (secondary N) is 1. The van der Waals surface area contributed by atoms with Crippen LogP contribution in [0.25, 0.3) is 0 Å². The third-order valence-corrected chi connectivity index (χ3v) is 3.97. The molecule has 0 aliphatic rings. The fourth-order valence-corrected chi connectivity index (χ4v) is 2.58. The number of nitro groups is 1. The number of ether oxygens (including phenoxy) is 1. The first-order valence-electron chi connectivity index (χ1n) is 6.70. The normalized spacial score (nSPS) is 10.7. The van der Waals surface area contributed by atoms with E-state index in [0.717, 1.165) is 4.47 Å². The number of rotatable bonds is 6. The SMILES string of the molecule is O=C(COc1ccc(Br)cc1Cl)NN=Cc1cc([N+](=O)[O-])ccc1Cl. The van der Waals surface area contributed by atoms with Crippen molar-refractivity contribution in [1.82, 2.24) is 5.43 Å². The van der Waals surface area contributed by atoms with Gasteiger partial charge in [-0.2, -0.15) is 5.10 Å². The van der Waals surface area contributed by atoms with Crippen molar-refractivity contribution in [2.75, 3.05) is 6.61 Å². The van der Waals surface area contributed by atoms with Gasteiger partial charge in [0, 0.05) is 27.2 Å². The lowest BCUT2D eigenvalue weighted by Crippen LogP contribution is -2.24. The van der Waals surface area contributed by atoms with Gasteiger partial charge < -0.3 is 4.74 Å². The average Bonchev–Trinajstić information content (AvgIpc) is 2.55. The molecule has 1 amide bonds. The maximum absolute atomic E-state index is 11.7. The number of amides is 1. The van der Waals surface area contributed by atoms with Gasteiger partial charge in [0.2, 0.25) is 0 Å². The number of carbonyl (C=O) groups is 1. The highest BCUT2D eigenvalue weighted by Crippen LogP contribution is 2.27. The molecule has 2 aromatic rings. The summed E-state index contributed by atoms with van der Waals surface area (Å²) in [5.41, 5.74) is 2.40. The van der Waals surface area contributed by atoms with Gasteiger partial charge in [-0.05, 0) is 24.3 Å². The molecule has 0 atom stereocenters. The van der Waals surface area contributed by atoms with E-state index in [2.05, 4.69) is 26.5 Å². The van der Waals surface area contributed by atoms with E-state index in [4.69, 9.17) is 27.9 Å². The molecule has 25 heavy (non-hydrogen) atoms. The zero-order valence-corrected chi connectivity index (χ0v) is 15.5. The lowest BCUT2D eigenvalue weighted by Gasteiger charge is -2.07. The summed E-state index contributed by atoms with van der Waals surface area (Å²) in [4.78, 5) is 21.9. The van der Waals surface area contributed by atoms with Crippen molar-refractivity contribution in [1.29, 1.82) is 0 Å². The lowest BCUT2D eigenvalue weighted by molar-refractivity contribution is -0.384. The predicted octanol–water partition coefficient (Wildman–Crippen LogP) is 4.19. The van der Waals surface area contributed by atoms with Crippen LogP contribution in [0.2, 0.25) is 10.0 Å². The van der Waals surface area contributed by atoms with Crippen LogP contribution in [0, 0.1) is 10.1 Å². The highest BCUT2D eigenvalue weighted by atomic mass is 79.9. The van der Waals surface area contributed by atoms with Crippen molar-refractivity contribution in [2.24, 2.45) is 5.10 Å². The summed E-state index contributed by atoms with van der Waals surface area (Å²) in [5, 5.41) is 15.1. The molecule has 0 saturated heterocycles. The first kappa shape index (κ1) is 19.2. The second kappa shape index (κ2) is 8.80. The van der Waals surface area contributed by atoms with E-state index < -0.39 is 10.8 Å². The van der Waals surface area contributed by atoms with Gasteiger partial charge in [0.1, 0.15) is 5.75 Å². The summed E-state index contributed by atoms with van der Waals surface area (Å²) in [6.45, 7) is -0.304. The van der Waals surface area contributed by atoms with Crippen LogP contribution in [-0.2, 0) is 4.79 Å². The Labute approximate surface area is 160 Å². The predicted molar refractivity (Wildman–Crippen MR) is 98.5 cm³/mol. The minimum Gasteiger partial charge on any atom is -0.482 e. The van der Waals surface area contributed by atoms with Crippen LogP contribution in [0.15, 0.2) is 46.0 Å². The van der Waals surface area contributed by atoms with E-state index in [1.807, 2.05) is 0 Å². The molecule has 2 aromatic carbocycles. The van der Waals surface area contributed by atoms with E-state index >= 15 is 0 Å². The van der Waals surface area contributed by atoms with Gasteiger partial charge in [-0.3, -0.25) is 14.9 Å². The molecule has 1 N–H and O–H groups in total. The molecule has 0 spiro atoms. The molecule has 0 bridgehead atoms. The first-order chi connectivity index (χ1) is 11.9. The molecule has 0 aromatic heterocycles. The molecule has 0 aliphatic carbocycles. The van der Waals surface area contributed by atoms with Crippen molar-refractivity contribution in [3.05, 3.63) is 66.6 Å². The number of carbonyl (C=O) groups excluding carboxylic acids is 1. The fraction of sp³-hybridized carbons (Fsp3) is 0.0667. The smallest absolute Gasteiger partial charge is 0.277 e. The molecule has 0 aliphatic heterocycles. The van der Waals surface area contributed by atoms with E-state index in [0.29, 0.717) is 16.3 Å². The van der Waals surface area contributed by atoms with E-state index in [1.165, 1.54) is 24.4 Å². The van der Waals surface area contributed by atoms with Gasteiger partial charge >= 0.3 is 0 Å². The topological polar surface area (TPSA) is 93.8 Å². The molecule has 0 saturated carbocycles. The minimum atomic E-state index is -0.554. The van der Waals surface area contributed by atoms with Crippen molar-refractivity contribution >= 4 is 56.9 Å². The molecule has 2 rings (SSSR count). The van der Waals surface area contributed by atoms with Crippen molar-refractivity contribution < 1.29 is 14.5 Å². The summed E-state index contributed by atoms with van der Waals surface area (Å²) in [6.07, 6.45) is 1.21. The molecule has 0 fully saturated rings. The highest BCUT2D eigenvalue weighted by molar-refractivity contribution is 9.10. The summed E-state index contributed by atoms with van der Waals surface area (Å²) in [7, 11) is 0. The summed E-state index contributed by atoms with van der Waals surface area (Å²) in [5.74, 6) is -0.178. The number of nitro benzene ring substituents is 1. The number of hydrogen-bond acceptors (Lipinski definition) is 5. The first-order valence-corrected chi connectivity index (χ1v) is 8.25. The van der Waals surface area contributed by atoms with Crippen LogP contribution in [0.3, 0.4) is 0 Å². The quantitative estimate of drug-likeness (QED) is 0.408. The summed E-state index contributed by atoms with van der Waals surface area (Å²) in [6, 6.07) is 8.87. The number of hydrogen-bond donors (Lipinski definition) is 1. The van der Waals surface area contributed by atoms with E-state index in [-0.39, 0.29) is 17.3 Å². The number of non-ortho nitro benzene ring substituents is 1.